The first-order chi connectivity index (χ1) is 11.5. The molecule has 0 spiro atoms. The molecule has 0 N–H and O–H groups in total. The monoisotopic (exact) mass is 352 g/mol. The summed E-state index contributed by atoms with van der Waals surface area (Å²) in [6.07, 6.45) is 2.93. The lowest BCUT2D eigenvalue weighted by molar-refractivity contribution is -0.0124. The van der Waals surface area contributed by atoms with Crippen molar-refractivity contribution in [2.75, 3.05) is 32.8 Å². The van der Waals surface area contributed by atoms with Crippen LogP contribution in [0, 0.1) is 0 Å². The van der Waals surface area contributed by atoms with Crippen molar-refractivity contribution in [3.63, 3.8) is 0 Å². The van der Waals surface area contributed by atoms with E-state index in [4.69, 9.17) is 4.74 Å². The fraction of sp³-hybridized carbons (Fsp3) is 0.588. The van der Waals surface area contributed by atoms with Crippen LogP contribution < -0.4 is 0 Å². The van der Waals surface area contributed by atoms with Crippen LogP contribution in [0.25, 0.3) is 0 Å². The second kappa shape index (κ2) is 7.21. The molecule has 0 aromatic heterocycles. The Kier molecular flexibility index (Phi) is 5.22. The summed E-state index contributed by atoms with van der Waals surface area (Å²) in [7, 11) is -3.45. The van der Waals surface area contributed by atoms with Crippen molar-refractivity contribution in [1.29, 1.82) is 0 Å². The second-order valence-electron chi connectivity index (χ2n) is 6.42. The third kappa shape index (κ3) is 3.63. The molecule has 2 heterocycles. The van der Waals surface area contributed by atoms with Crippen molar-refractivity contribution >= 4 is 15.9 Å². The lowest BCUT2D eigenvalue weighted by Gasteiger charge is -2.31. The van der Waals surface area contributed by atoms with E-state index in [9.17, 15) is 13.2 Å². The van der Waals surface area contributed by atoms with Crippen LogP contribution in [0.2, 0.25) is 0 Å². The zero-order valence-electron chi connectivity index (χ0n) is 14.0. The van der Waals surface area contributed by atoms with Crippen LogP contribution in [-0.2, 0) is 14.8 Å². The van der Waals surface area contributed by atoms with Gasteiger partial charge in [-0.2, -0.15) is 4.31 Å². The number of sulfonamides is 1. The van der Waals surface area contributed by atoms with Gasteiger partial charge in [0.05, 0.1) is 17.6 Å². The molecule has 0 aliphatic carbocycles. The molecule has 1 atom stereocenters. The van der Waals surface area contributed by atoms with Gasteiger partial charge in [-0.1, -0.05) is 6.42 Å². The van der Waals surface area contributed by atoms with Crippen LogP contribution in [-0.4, -0.2) is 62.4 Å². The number of hydrogen-bond donors (Lipinski definition) is 0. The van der Waals surface area contributed by atoms with Crippen molar-refractivity contribution in [1.82, 2.24) is 9.21 Å². The highest BCUT2D eigenvalue weighted by atomic mass is 32.2. The van der Waals surface area contributed by atoms with Gasteiger partial charge < -0.3 is 9.64 Å². The first-order valence-corrected chi connectivity index (χ1v) is 9.93. The average Bonchev–Trinajstić information content (AvgIpc) is 2.62. The molecule has 2 saturated heterocycles. The van der Waals surface area contributed by atoms with Gasteiger partial charge in [0.1, 0.15) is 0 Å². The summed E-state index contributed by atoms with van der Waals surface area (Å²) < 4.78 is 32.2. The van der Waals surface area contributed by atoms with E-state index in [1.807, 2.05) is 6.92 Å². The maximum Gasteiger partial charge on any atom is 0.254 e. The van der Waals surface area contributed by atoms with Gasteiger partial charge in [-0.15, -0.1) is 0 Å². The van der Waals surface area contributed by atoms with Crippen molar-refractivity contribution in [2.45, 2.75) is 37.2 Å². The van der Waals surface area contributed by atoms with E-state index in [1.165, 1.54) is 4.31 Å². The molecule has 1 aromatic rings. The van der Waals surface area contributed by atoms with Gasteiger partial charge in [0, 0.05) is 31.7 Å². The zero-order chi connectivity index (χ0) is 17.2. The molecule has 2 aliphatic rings. The Morgan fingerprint density at radius 3 is 2.38 bits per heavy atom. The Morgan fingerprint density at radius 2 is 1.75 bits per heavy atom. The molecular formula is C17H24N2O4S. The van der Waals surface area contributed by atoms with Gasteiger partial charge in [0.15, 0.2) is 0 Å². The molecule has 2 aliphatic heterocycles. The summed E-state index contributed by atoms with van der Waals surface area (Å²) in [6.45, 7) is 4.76. The van der Waals surface area contributed by atoms with Crippen molar-refractivity contribution in [3.05, 3.63) is 29.8 Å². The molecular weight excluding hydrogens is 328 g/mol. The van der Waals surface area contributed by atoms with Gasteiger partial charge in [0.2, 0.25) is 10.0 Å². The highest BCUT2D eigenvalue weighted by Gasteiger charge is 2.27. The summed E-state index contributed by atoms with van der Waals surface area (Å²) in [4.78, 5) is 14.5. The van der Waals surface area contributed by atoms with E-state index in [0.29, 0.717) is 38.3 Å². The van der Waals surface area contributed by atoms with Crippen molar-refractivity contribution in [2.24, 2.45) is 0 Å². The Morgan fingerprint density at radius 1 is 1.08 bits per heavy atom. The van der Waals surface area contributed by atoms with Gasteiger partial charge in [-0.3, -0.25) is 4.79 Å². The number of amides is 1. The molecule has 24 heavy (non-hydrogen) atoms. The Labute approximate surface area is 143 Å². The topological polar surface area (TPSA) is 66.9 Å². The molecule has 2 fully saturated rings. The lowest BCUT2D eigenvalue weighted by atomic mass is 10.2. The van der Waals surface area contributed by atoms with Gasteiger partial charge in [-0.25, -0.2) is 8.42 Å². The summed E-state index contributed by atoms with van der Waals surface area (Å²) in [5.74, 6) is -0.0768. The fourth-order valence-corrected chi connectivity index (χ4v) is 4.73. The van der Waals surface area contributed by atoms with E-state index in [1.54, 1.807) is 29.2 Å². The number of hydrogen-bond acceptors (Lipinski definition) is 4. The van der Waals surface area contributed by atoms with E-state index >= 15 is 0 Å². The maximum atomic E-state index is 12.6. The minimum atomic E-state index is -3.45. The van der Waals surface area contributed by atoms with E-state index in [0.717, 1.165) is 19.3 Å². The molecule has 3 rings (SSSR count). The first kappa shape index (κ1) is 17.4. The number of rotatable bonds is 3. The Balaban J connectivity index is 1.74. The largest absolute Gasteiger partial charge is 0.375 e. The average molecular weight is 352 g/mol. The van der Waals surface area contributed by atoms with Crippen LogP contribution in [0.3, 0.4) is 0 Å². The zero-order valence-corrected chi connectivity index (χ0v) is 14.8. The summed E-state index contributed by atoms with van der Waals surface area (Å²) >= 11 is 0. The van der Waals surface area contributed by atoms with Gasteiger partial charge in [-0.05, 0) is 44.0 Å². The summed E-state index contributed by atoms with van der Waals surface area (Å²) in [5.41, 5.74) is 0.515. The molecule has 1 amide bonds. The molecule has 1 unspecified atom stereocenters. The number of morpholine rings is 1. The van der Waals surface area contributed by atoms with Crippen LogP contribution in [0.1, 0.15) is 36.5 Å². The normalized spacial score (nSPS) is 23.2. The number of ether oxygens (including phenoxy) is 1. The minimum absolute atomic E-state index is 0.0291. The number of piperidine rings is 1. The molecule has 0 radical (unpaired) electrons. The first-order valence-electron chi connectivity index (χ1n) is 8.49. The highest BCUT2D eigenvalue weighted by molar-refractivity contribution is 7.89. The third-order valence-electron chi connectivity index (χ3n) is 4.58. The number of benzene rings is 1. The van der Waals surface area contributed by atoms with E-state index < -0.39 is 10.0 Å². The minimum Gasteiger partial charge on any atom is -0.375 e. The van der Waals surface area contributed by atoms with Crippen LogP contribution in [0.5, 0.6) is 0 Å². The molecule has 7 heteroatoms. The van der Waals surface area contributed by atoms with Gasteiger partial charge >= 0.3 is 0 Å². The fourth-order valence-electron chi connectivity index (χ4n) is 3.21. The van der Waals surface area contributed by atoms with Crippen molar-refractivity contribution < 1.29 is 17.9 Å². The van der Waals surface area contributed by atoms with E-state index in [-0.39, 0.29) is 16.9 Å². The predicted octanol–water partition coefficient (Wildman–Crippen LogP) is 1.72. The Bertz CT molecular complexity index is 681. The third-order valence-corrected chi connectivity index (χ3v) is 6.50. The van der Waals surface area contributed by atoms with Crippen molar-refractivity contribution in [3.8, 4) is 0 Å². The molecule has 1 aromatic carbocycles. The second-order valence-corrected chi connectivity index (χ2v) is 8.36. The SMILES string of the molecule is CC1CN(C(=O)c2ccc(S(=O)(=O)N3CCCCC3)cc2)CCO1. The number of carbonyl (C=O) groups excluding carboxylic acids is 1. The van der Waals surface area contributed by atoms with E-state index in [2.05, 4.69) is 0 Å². The molecule has 132 valence electrons. The van der Waals surface area contributed by atoms with Crippen LogP contribution >= 0.6 is 0 Å². The standard InChI is InChI=1S/C17H24N2O4S/c1-14-13-18(11-12-23-14)17(20)15-5-7-16(8-6-15)24(21,22)19-9-3-2-4-10-19/h5-8,14H,2-4,9-13H2,1H3. The van der Waals surface area contributed by atoms with Crippen LogP contribution in [0.4, 0.5) is 0 Å². The summed E-state index contributed by atoms with van der Waals surface area (Å²) in [6, 6.07) is 6.31. The number of nitrogens with zero attached hydrogens (tertiary/aromatic N) is 2. The molecule has 0 bridgehead atoms. The number of carbonyl (C=O) groups is 1. The lowest BCUT2D eigenvalue weighted by Crippen LogP contribution is -2.44. The quantitative estimate of drug-likeness (QED) is 0.831. The maximum absolute atomic E-state index is 12.6. The highest BCUT2D eigenvalue weighted by Crippen LogP contribution is 2.21. The smallest absolute Gasteiger partial charge is 0.254 e. The van der Waals surface area contributed by atoms with Crippen LogP contribution in [0.15, 0.2) is 29.2 Å². The van der Waals surface area contributed by atoms with Gasteiger partial charge in [0.25, 0.3) is 5.91 Å². The summed E-state index contributed by atoms with van der Waals surface area (Å²) in [5, 5.41) is 0. The predicted molar refractivity (Wildman–Crippen MR) is 90.4 cm³/mol. The molecule has 6 nitrogen and oxygen atoms in total. The Hall–Kier alpha value is -1.44. The molecule has 0 saturated carbocycles.